The summed E-state index contributed by atoms with van der Waals surface area (Å²) in [5, 5.41) is 21.1. The lowest BCUT2D eigenvalue weighted by atomic mass is 10.1. The summed E-state index contributed by atoms with van der Waals surface area (Å²) in [5.41, 5.74) is 4.41. The van der Waals surface area contributed by atoms with Gasteiger partial charge in [0.2, 0.25) is 5.91 Å². The van der Waals surface area contributed by atoms with Crippen molar-refractivity contribution in [3.05, 3.63) is 101 Å². The average molecular weight is 466 g/mol. The van der Waals surface area contributed by atoms with Crippen LogP contribution < -0.4 is 14.8 Å². The smallest absolute Gasteiger partial charge is 0.244 e. The molecule has 0 spiro atoms. The Morgan fingerprint density at radius 2 is 1.91 bits per heavy atom. The minimum atomic E-state index is -0.189. The number of nitrogens with zero attached hydrogens (tertiary/aromatic N) is 2. The first-order chi connectivity index (χ1) is 16.9. The van der Waals surface area contributed by atoms with Crippen molar-refractivity contribution in [2.45, 2.75) is 32.8 Å². The van der Waals surface area contributed by atoms with Gasteiger partial charge in [0.25, 0.3) is 0 Å². The Morgan fingerprint density at radius 3 is 2.51 bits per heavy atom. The van der Waals surface area contributed by atoms with E-state index < -0.39 is 0 Å². The predicted octanol–water partition coefficient (Wildman–Crippen LogP) is 5.59. The first-order valence-electron chi connectivity index (χ1n) is 11.2. The molecule has 0 fully saturated rings. The maximum Gasteiger partial charge on any atom is 0.244 e. The first-order valence-corrected chi connectivity index (χ1v) is 11.2. The van der Waals surface area contributed by atoms with Gasteiger partial charge in [-0.1, -0.05) is 24.8 Å². The highest BCUT2D eigenvalue weighted by Gasteiger charge is 2.28. The second kappa shape index (κ2) is 11.5. The summed E-state index contributed by atoms with van der Waals surface area (Å²) in [6.45, 7) is 7.74. The van der Waals surface area contributed by atoms with Crippen molar-refractivity contribution >= 4 is 11.5 Å². The highest BCUT2D eigenvalue weighted by Crippen LogP contribution is 2.36. The van der Waals surface area contributed by atoms with Crippen LogP contribution in [-0.2, 0) is 4.79 Å². The van der Waals surface area contributed by atoms with E-state index in [0.717, 1.165) is 35.1 Å². The summed E-state index contributed by atoms with van der Waals surface area (Å²) in [5.74, 6) is 1.61. The molecule has 0 heterocycles. The Labute approximate surface area is 206 Å². The molecule has 2 aromatic carbocycles. The van der Waals surface area contributed by atoms with Gasteiger partial charge in [-0.3, -0.25) is 4.79 Å². The number of nitriles is 2. The van der Waals surface area contributed by atoms with Crippen molar-refractivity contribution in [2.75, 3.05) is 7.05 Å². The second-order valence-corrected chi connectivity index (χ2v) is 7.94. The fourth-order valence-electron chi connectivity index (χ4n) is 3.91. The van der Waals surface area contributed by atoms with Crippen LogP contribution in [0.3, 0.4) is 0 Å². The molecule has 3 rings (SSSR count). The average Bonchev–Trinajstić information content (AvgIpc) is 3.29. The maximum absolute atomic E-state index is 11.6. The van der Waals surface area contributed by atoms with Crippen LogP contribution in [0.1, 0.15) is 43.4 Å². The molecule has 6 nitrogen and oxygen atoms in total. The Bertz CT molecular complexity index is 1300. The van der Waals surface area contributed by atoms with Crippen LogP contribution in [0.4, 0.5) is 0 Å². The van der Waals surface area contributed by atoms with Crippen LogP contribution in [0.2, 0.25) is 0 Å². The monoisotopic (exact) mass is 465 g/mol. The minimum Gasteiger partial charge on any atom is -0.486 e. The van der Waals surface area contributed by atoms with E-state index >= 15 is 0 Å². The third-order valence-electron chi connectivity index (χ3n) is 5.76. The van der Waals surface area contributed by atoms with E-state index in [1.54, 1.807) is 31.3 Å². The van der Waals surface area contributed by atoms with Gasteiger partial charge in [0, 0.05) is 18.7 Å². The molecule has 2 aromatic rings. The topological polar surface area (TPSA) is 95.1 Å². The van der Waals surface area contributed by atoms with Crippen LogP contribution in [0.25, 0.3) is 5.57 Å². The Balaban J connectivity index is 1.80. The molecule has 0 aliphatic heterocycles. The van der Waals surface area contributed by atoms with Gasteiger partial charge in [0.1, 0.15) is 29.4 Å². The van der Waals surface area contributed by atoms with Gasteiger partial charge < -0.3 is 14.8 Å². The standard InChI is InChI=1S/C29H27N3O3/c1-5-24-25(26(6-2)35-27-13-7-20(17-30)16-22(27)18-31)12-14-28(24)34-23-10-8-21(9-11-23)19(3)15-29(33)32-4/h5-11,13,15-16,28H,1,12,14H2,2-4H3,(H,32,33)/b19-15+,26-6+. The van der Waals surface area contributed by atoms with Crippen molar-refractivity contribution in [1.82, 2.24) is 5.32 Å². The fourth-order valence-corrected chi connectivity index (χ4v) is 3.91. The van der Waals surface area contributed by atoms with Gasteiger partial charge in [-0.2, -0.15) is 10.5 Å². The molecule has 0 radical (unpaired) electrons. The third kappa shape index (κ3) is 5.88. The molecule has 0 saturated heterocycles. The second-order valence-electron chi connectivity index (χ2n) is 7.94. The molecular formula is C29H27N3O3. The number of nitrogens with one attached hydrogen (secondary N) is 1. The van der Waals surface area contributed by atoms with Crippen LogP contribution in [0.15, 0.2) is 84.2 Å². The Kier molecular flexibility index (Phi) is 8.27. The molecule has 1 atom stereocenters. The molecule has 35 heavy (non-hydrogen) atoms. The zero-order valence-corrected chi connectivity index (χ0v) is 20.1. The van der Waals surface area contributed by atoms with E-state index in [1.807, 2.05) is 50.3 Å². The van der Waals surface area contributed by atoms with Crippen molar-refractivity contribution in [3.63, 3.8) is 0 Å². The number of carbonyl (C=O) groups is 1. The van der Waals surface area contributed by atoms with Gasteiger partial charge in [-0.15, -0.1) is 0 Å². The zero-order chi connectivity index (χ0) is 25.4. The van der Waals surface area contributed by atoms with E-state index in [-0.39, 0.29) is 12.0 Å². The molecule has 1 N–H and O–H groups in total. The number of amides is 1. The van der Waals surface area contributed by atoms with E-state index in [2.05, 4.69) is 18.0 Å². The Hall–Kier alpha value is -4.55. The molecule has 0 bridgehead atoms. The molecule has 176 valence electrons. The van der Waals surface area contributed by atoms with E-state index in [4.69, 9.17) is 14.7 Å². The van der Waals surface area contributed by atoms with Crippen LogP contribution in [-0.4, -0.2) is 19.1 Å². The number of ether oxygens (including phenoxy) is 2. The summed E-state index contributed by atoms with van der Waals surface area (Å²) in [4.78, 5) is 11.6. The van der Waals surface area contributed by atoms with Crippen molar-refractivity contribution in [2.24, 2.45) is 0 Å². The molecule has 1 unspecified atom stereocenters. The van der Waals surface area contributed by atoms with Crippen LogP contribution in [0, 0.1) is 22.7 Å². The fraction of sp³-hybridized carbons (Fsp3) is 0.207. The van der Waals surface area contributed by atoms with E-state index in [9.17, 15) is 10.1 Å². The lowest BCUT2D eigenvalue weighted by Gasteiger charge is -2.17. The minimum absolute atomic E-state index is 0.146. The number of benzene rings is 2. The maximum atomic E-state index is 11.6. The van der Waals surface area contributed by atoms with Crippen molar-refractivity contribution in [1.29, 1.82) is 10.5 Å². The quantitative estimate of drug-likeness (QED) is 0.405. The molecule has 1 aliphatic rings. The number of hydrogen-bond acceptors (Lipinski definition) is 5. The molecule has 0 saturated carbocycles. The summed E-state index contributed by atoms with van der Waals surface area (Å²) >= 11 is 0. The van der Waals surface area contributed by atoms with Gasteiger partial charge in [-0.25, -0.2) is 0 Å². The number of hydrogen-bond donors (Lipinski definition) is 1. The van der Waals surface area contributed by atoms with Gasteiger partial charge >= 0.3 is 0 Å². The number of likely N-dealkylation sites (N-methyl/N-ethyl adjacent to an activating group) is 1. The van der Waals surface area contributed by atoms with Crippen LogP contribution >= 0.6 is 0 Å². The number of rotatable bonds is 8. The normalized spacial score (nSPS) is 15.7. The molecule has 1 aliphatic carbocycles. The largest absolute Gasteiger partial charge is 0.486 e. The molecule has 0 aromatic heterocycles. The lowest BCUT2D eigenvalue weighted by Crippen LogP contribution is -2.15. The predicted molar refractivity (Wildman–Crippen MR) is 135 cm³/mol. The van der Waals surface area contributed by atoms with Gasteiger partial charge in [0.05, 0.1) is 17.2 Å². The SMILES string of the molecule is C=CC1=C(/C(=C\C)Oc2ccc(C#N)cc2C#N)CCC1Oc1ccc(/C(C)=C/C(=O)NC)cc1. The van der Waals surface area contributed by atoms with E-state index in [0.29, 0.717) is 28.4 Å². The van der Waals surface area contributed by atoms with Crippen LogP contribution in [0.5, 0.6) is 11.5 Å². The Morgan fingerprint density at radius 1 is 1.17 bits per heavy atom. The molecule has 6 heteroatoms. The van der Waals surface area contributed by atoms with Gasteiger partial charge in [0.15, 0.2) is 0 Å². The molecular weight excluding hydrogens is 438 g/mol. The zero-order valence-electron chi connectivity index (χ0n) is 20.1. The molecule has 1 amide bonds. The number of allylic oxidation sites excluding steroid dienone is 3. The summed E-state index contributed by atoms with van der Waals surface area (Å²) < 4.78 is 12.4. The summed E-state index contributed by atoms with van der Waals surface area (Å²) in [7, 11) is 1.60. The van der Waals surface area contributed by atoms with Crippen molar-refractivity contribution < 1.29 is 14.3 Å². The first kappa shape index (κ1) is 25.1. The van der Waals surface area contributed by atoms with Gasteiger partial charge in [-0.05, 0) is 79.8 Å². The summed E-state index contributed by atoms with van der Waals surface area (Å²) in [6, 6.07) is 16.5. The van der Waals surface area contributed by atoms with Crippen molar-refractivity contribution in [3.8, 4) is 23.6 Å². The lowest BCUT2D eigenvalue weighted by molar-refractivity contribution is -0.116. The van der Waals surface area contributed by atoms with E-state index in [1.165, 1.54) is 6.07 Å². The highest BCUT2D eigenvalue weighted by atomic mass is 16.5. The summed E-state index contributed by atoms with van der Waals surface area (Å²) in [6.07, 6.45) is 6.50. The number of carbonyl (C=O) groups excluding carboxylic acids is 1. The third-order valence-corrected chi connectivity index (χ3v) is 5.76. The highest BCUT2D eigenvalue weighted by molar-refractivity contribution is 5.94.